The van der Waals surface area contributed by atoms with Gasteiger partial charge in [0.1, 0.15) is 4.83 Å². The number of rotatable bonds is 2. The number of halogens is 1. The molecule has 0 radical (unpaired) electrons. The van der Waals surface area contributed by atoms with Crippen molar-refractivity contribution in [2.45, 2.75) is 4.83 Å². The van der Waals surface area contributed by atoms with Crippen LogP contribution in [0.1, 0.15) is 10.4 Å². The minimum Gasteiger partial charge on any atom is -0.378 e. The Morgan fingerprint density at radius 3 is 2.23 bits per heavy atom. The molecule has 0 amide bonds. The van der Waals surface area contributed by atoms with E-state index in [-0.39, 0.29) is 4.83 Å². The number of nitrogens with zero attached hydrogens (tertiary/aromatic N) is 2. The molecule has 0 bridgehead atoms. The van der Waals surface area contributed by atoms with E-state index in [1.165, 1.54) is 0 Å². The molecule has 68 valence electrons. The first-order valence-electron chi connectivity index (χ1n) is 3.96. The van der Waals surface area contributed by atoms with Gasteiger partial charge in [-0.2, -0.15) is 5.26 Å². The highest BCUT2D eigenvalue weighted by Crippen LogP contribution is 2.23. The highest BCUT2D eigenvalue weighted by atomic mass is 79.9. The number of nitriles is 1. The van der Waals surface area contributed by atoms with E-state index in [0.29, 0.717) is 0 Å². The average molecular weight is 239 g/mol. The van der Waals surface area contributed by atoms with Crippen molar-refractivity contribution in [2.24, 2.45) is 0 Å². The summed E-state index contributed by atoms with van der Waals surface area (Å²) in [4.78, 5) is 1.82. The molecular weight excluding hydrogens is 228 g/mol. The van der Waals surface area contributed by atoms with Crippen molar-refractivity contribution < 1.29 is 0 Å². The summed E-state index contributed by atoms with van der Waals surface area (Å²) in [6, 6.07) is 10.0. The molecule has 0 N–H and O–H groups in total. The molecule has 0 aliphatic carbocycles. The Morgan fingerprint density at radius 2 is 1.85 bits per heavy atom. The van der Waals surface area contributed by atoms with Gasteiger partial charge in [0.15, 0.2) is 0 Å². The molecular formula is C10H11BrN2. The molecule has 0 aliphatic heterocycles. The molecule has 2 nitrogen and oxygen atoms in total. The molecule has 1 aromatic rings. The van der Waals surface area contributed by atoms with Crippen molar-refractivity contribution in [1.29, 1.82) is 5.26 Å². The van der Waals surface area contributed by atoms with Crippen LogP contribution in [0.15, 0.2) is 24.3 Å². The van der Waals surface area contributed by atoms with Gasteiger partial charge in [0.05, 0.1) is 6.07 Å². The zero-order valence-corrected chi connectivity index (χ0v) is 9.25. The first-order chi connectivity index (χ1) is 6.15. The van der Waals surface area contributed by atoms with Gasteiger partial charge < -0.3 is 4.90 Å². The highest BCUT2D eigenvalue weighted by Gasteiger charge is 2.04. The second-order valence-electron chi connectivity index (χ2n) is 2.98. The molecule has 1 unspecified atom stereocenters. The van der Waals surface area contributed by atoms with Crippen LogP contribution in [-0.2, 0) is 0 Å². The molecule has 3 heteroatoms. The van der Waals surface area contributed by atoms with Gasteiger partial charge in [-0.25, -0.2) is 0 Å². The first kappa shape index (κ1) is 10.1. The van der Waals surface area contributed by atoms with Crippen LogP contribution in [0.2, 0.25) is 0 Å². The van der Waals surface area contributed by atoms with Gasteiger partial charge in [-0.3, -0.25) is 0 Å². The zero-order valence-electron chi connectivity index (χ0n) is 7.66. The van der Waals surface area contributed by atoms with Gasteiger partial charge in [-0.15, -0.1) is 0 Å². The van der Waals surface area contributed by atoms with Crippen LogP contribution >= 0.6 is 15.9 Å². The lowest BCUT2D eigenvalue weighted by Crippen LogP contribution is -2.08. The number of anilines is 1. The Labute approximate surface area is 86.9 Å². The standard InChI is InChI=1S/C10H11BrN2/c1-13(2)9-5-3-8(4-6-9)10(11)7-12/h3-6,10H,1-2H3. The van der Waals surface area contributed by atoms with E-state index in [1.807, 2.05) is 43.3 Å². The molecule has 0 aromatic heterocycles. The van der Waals surface area contributed by atoms with Crippen LogP contribution in [0, 0.1) is 11.3 Å². The number of hydrogen-bond acceptors (Lipinski definition) is 2. The maximum atomic E-state index is 8.66. The average Bonchev–Trinajstić information content (AvgIpc) is 2.17. The van der Waals surface area contributed by atoms with Crippen molar-refractivity contribution in [1.82, 2.24) is 0 Å². The van der Waals surface area contributed by atoms with E-state index >= 15 is 0 Å². The maximum absolute atomic E-state index is 8.66. The molecule has 13 heavy (non-hydrogen) atoms. The molecule has 1 rings (SSSR count). The molecule has 0 fully saturated rings. The Balaban J connectivity index is 2.89. The third-order valence-corrected chi connectivity index (χ3v) is 2.55. The summed E-state index contributed by atoms with van der Waals surface area (Å²) in [5, 5.41) is 8.66. The van der Waals surface area contributed by atoms with Crippen LogP contribution in [0.4, 0.5) is 5.69 Å². The van der Waals surface area contributed by atoms with Gasteiger partial charge in [-0.05, 0) is 17.7 Å². The number of alkyl halides is 1. The van der Waals surface area contributed by atoms with Gasteiger partial charge in [-0.1, -0.05) is 28.1 Å². The number of hydrogen-bond donors (Lipinski definition) is 0. The lowest BCUT2D eigenvalue weighted by molar-refractivity contribution is 1.12. The van der Waals surface area contributed by atoms with Crippen LogP contribution in [0.5, 0.6) is 0 Å². The minimum absolute atomic E-state index is 0.205. The SMILES string of the molecule is CN(C)c1ccc(C(Br)C#N)cc1. The molecule has 0 heterocycles. The Kier molecular flexibility index (Phi) is 3.32. The van der Waals surface area contributed by atoms with Gasteiger partial charge in [0.25, 0.3) is 0 Å². The summed E-state index contributed by atoms with van der Waals surface area (Å²) < 4.78 is 0. The third kappa shape index (κ3) is 2.46. The molecule has 0 saturated heterocycles. The Hall–Kier alpha value is -1.01. The first-order valence-corrected chi connectivity index (χ1v) is 4.87. The van der Waals surface area contributed by atoms with E-state index in [4.69, 9.17) is 5.26 Å². The van der Waals surface area contributed by atoms with Crippen molar-refractivity contribution in [3.05, 3.63) is 29.8 Å². The fourth-order valence-electron chi connectivity index (χ4n) is 1.02. The van der Waals surface area contributed by atoms with Crippen LogP contribution in [0.3, 0.4) is 0 Å². The smallest absolute Gasteiger partial charge is 0.126 e. The van der Waals surface area contributed by atoms with Crippen LogP contribution in [0.25, 0.3) is 0 Å². The Bertz CT molecular complexity index is 311. The summed E-state index contributed by atoms with van der Waals surface area (Å²) in [6.45, 7) is 0. The molecule has 1 aromatic carbocycles. The third-order valence-electron chi connectivity index (χ3n) is 1.82. The fourth-order valence-corrected chi connectivity index (χ4v) is 1.32. The molecule has 0 saturated carbocycles. The summed E-state index contributed by atoms with van der Waals surface area (Å²) in [5.41, 5.74) is 2.13. The summed E-state index contributed by atoms with van der Waals surface area (Å²) in [7, 11) is 3.98. The summed E-state index contributed by atoms with van der Waals surface area (Å²) in [6.07, 6.45) is 0. The Morgan fingerprint density at radius 1 is 1.31 bits per heavy atom. The highest BCUT2D eigenvalue weighted by molar-refractivity contribution is 9.09. The van der Waals surface area contributed by atoms with E-state index in [9.17, 15) is 0 Å². The predicted molar refractivity (Wildman–Crippen MR) is 58.1 cm³/mol. The van der Waals surface area contributed by atoms with E-state index in [1.54, 1.807) is 0 Å². The zero-order chi connectivity index (χ0) is 9.84. The normalized spacial score (nSPS) is 11.8. The van der Waals surface area contributed by atoms with Gasteiger partial charge in [0.2, 0.25) is 0 Å². The fraction of sp³-hybridized carbons (Fsp3) is 0.300. The molecule has 0 aliphatic rings. The molecule has 0 spiro atoms. The van der Waals surface area contributed by atoms with Crippen molar-refractivity contribution in [3.8, 4) is 6.07 Å². The lowest BCUT2D eigenvalue weighted by atomic mass is 10.1. The largest absolute Gasteiger partial charge is 0.378 e. The minimum atomic E-state index is -0.205. The number of benzene rings is 1. The van der Waals surface area contributed by atoms with Crippen molar-refractivity contribution >= 4 is 21.6 Å². The lowest BCUT2D eigenvalue weighted by Gasteiger charge is -2.12. The van der Waals surface area contributed by atoms with Gasteiger partial charge >= 0.3 is 0 Å². The summed E-state index contributed by atoms with van der Waals surface area (Å²) in [5.74, 6) is 0. The van der Waals surface area contributed by atoms with Crippen LogP contribution in [-0.4, -0.2) is 14.1 Å². The van der Waals surface area contributed by atoms with E-state index in [0.717, 1.165) is 11.3 Å². The molecule has 1 atom stereocenters. The van der Waals surface area contributed by atoms with Crippen molar-refractivity contribution in [3.63, 3.8) is 0 Å². The topological polar surface area (TPSA) is 27.0 Å². The summed E-state index contributed by atoms with van der Waals surface area (Å²) >= 11 is 3.27. The monoisotopic (exact) mass is 238 g/mol. The second-order valence-corrected chi connectivity index (χ2v) is 3.89. The van der Waals surface area contributed by atoms with Gasteiger partial charge in [0, 0.05) is 19.8 Å². The van der Waals surface area contributed by atoms with E-state index < -0.39 is 0 Å². The quantitative estimate of drug-likeness (QED) is 0.742. The maximum Gasteiger partial charge on any atom is 0.126 e. The van der Waals surface area contributed by atoms with E-state index in [2.05, 4.69) is 22.0 Å². The van der Waals surface area contributed by atoms with Crippen molar-refractivity contribution in [2.75, 3.05) is 19.0 Å². The predicted octanol–water partition coefficient (Wildman–Crippen LogP) is 2.71. The van der Waals surface area contributed by atoms with Crippen LogP contribution < -0.4 is 4.90 Å². The second kappa shape index (κ2) is 4.29.